The first-order valence-electron chi connectivity index (χ1n) is 9.10. The van der Waals surface area contributed by atoms with Gasteiger partial charge in [-0.25, -0.2) is 4.79 Å². The Kier molecular flexibility index (Phi) is 5.66. The zero-order valence-electron chi connectivity index (χ0n) is 15.4. The molecule has 3 fully saturated rings. The molecule has 29 heavy (non-hydrogen) atoms. The summed E-state index contributed by atoms with van der Waals surface area (Å²) in [6.45, 7) is 5.02. The van der Waals surface area contributed by atoms with Crippen molar-refractivity contribution < 1.29 is 33.7 Å². The van der Waals surface area contributed by atoms with Crippen LogP contribution < -0.4 is 4.74 Å². The minimum atomic E-state index is -0.828. The van der Waals surface area contributed by atoms with Crippen LogP contribution in [0.2, 0.25) is 0 Å². The Bertz CT molecular complexity index is 928. The fraction of sp³-hybridized carbons (Fsp3) is 0.450. The molecule has 6 atom stereocenters. The molecule has 1 aromatic rings. The number of ether oxygens (including phenoxy) is 3. The number of hydrogen-bond donors (Lipinski definition) is 1. The van der Waals surface area contributed by atoms with Crippen LogP contribution in [0.25, 0.3) is 0 Å². The van der Waals surface area contributed by atoms with Crippen LogP contribution in [0.3, 0.4) is 0 Å². The molecule has 2 saturated carbocycles. The highest BCUT2D eigenvalue weighted by atomic mass is 127. The van der Waals surface area contributed by atoms with Crippen LogP contribution in [-0.2, 0) is 30.5 Å². The number of carbonyl (C=O) groups is 3. The Balaban J connectivity index is 1.52. The number of carbonyl (C=O) groups excluding carboxylic acids is 3. The van der Waals surface area contributed by atoms with Crippen LogP contribution in [0.4, 0.5) is 0 Å². The summed E-state index contributed by atoms with van der Waals surface area (Å²) >= 11 is 4.18. The zero-order valence-corrected chi connectivity index (χ0v) is 19.7. The van der Waals surface area contributed by atoms with E-state index in [0.717, 1.165) is 3.57 Å². The summed E-state index contributed by atoms with van der Waals surface area (Å²) in [5.74, 6) is -2.91. The molecule has 1 N–H and O–H groups in total. The second kappa shape index (κ2) is 7.80. The minimum Gasteiger partial charge on any atom is -0.460 e. The van der Waals surface area contributed by atoms with Crippen LogP contribution in [0, 0.1) is 30.8 Å². The second-order valence-electron chi connectivity index (χ2n) is 7.66. The van der Waals surface area contributed by atoms with Crippen molar-refractivity contribution in [2.45, 2.75) is 32.2 Å². The van der Waals surface area contributed by atoms with E-state index in [1.807, 2.05) is 6.07 Å². The highest BCUT2D eigenvalue weighted by Gasteiger charge is 2.68. The summed E-state index contributed by atoms with van der Waals surface area (Å²) in [5.41, 5.74) is 0.799. The van der Waals surface area contributed by atoms with E-state index in [-0.39, 0.29) is 24.0 Å². The van der Waals surface area contributed by atoms with Crippen LogP contribution in [0.5, 0.6) is 5.75 Å². The standard InChI is InChI=1S/C20H18I2O7/c1-7(2)18(24)28-16-8(3-9(21)4-12(16)22)6-27-19(25)13-10-5-11-14(13)20(26)29-17(11)15(10)23/h3-4,10-11,13-15,17,23H,1,5-6H2,2H3. The Hall–Kier alpha value is -1.21. The molecule has 1 aromatic carbocycles. The average Bonchev–Trinajstić information content (AvgIpc) is 3.26. The smallest absolute Gasteiger partial charge is 0.338 e. The third kappa shape index (κ3) is 3.58. The van der Waals surface area contributed by atoms with Crippen LogP contribution in [-0.4, -0.2) is 35.2 Å². The van der Waals surface area contributed by atoms with E-state index in [2.05, 4.69) is 51.8 Å². The van der Waals surface area contributed by atoms with Crippen LogP contribution in [0.1, 0.15) is 18.9 Å². The van der Waals surface area contributed by atoms with Crippen molar-refractivity contribution >= 4 is 63.1 Å². The summed E-state index contributed by atoms with van der Waals surface area (Å²) in [6, 6.07) is 3.61. The third-order valence-corrected chi connectivity index (χ3v) is 7.27. The van der Waals surface area contributed by atoms with Crippen LogP contribution >= 0.6 is 45.2 Å². The molecule has 1 saturated heterocycles. The van der Waals surface area contributed by atoms with E-state index in [1.165, 1.54) is 0 Å². The molecule has 2 aliphatic carbocycles. The van der Waals surface area contributed by atoms with Gasteiger partial charge in [-0.15, -0.1) is 0 Å². The van der Waals surface area contributed by atoms with Gasteiger partial charge in [0.15, 0.2) is 5.75 Å². The lowest BCUT2D eigenvalue weighted by molar-refractivity contribution is -0.157. The molecule has 4 rings (SSSR count). The summed E-state index contributed by atoms with van der Waals surface area (Å²) in [4.78, 5) is 37.0. The molecule has 2 bridgehead atoms. The van der Waals surface area contributed by atoms with E-state index in [4.69, 9.17) is 14.2 Å². The Morgan fingerprint density at radius 3 is 2.72 bits per heavy atom. The number of fused-ring (bicyclic) bond motifs is 1. The first-order valence-corrected chi connectivity index (χ1v) is 11.3. The predicted octanol–water partition coefficient (Wildman–Crippen LogP) is 2.59. The van der Waals surface area contributed by atoms with Gasteiger partial charge in [-0.2, -0.15) is 0 Å². The second-order valence-corrected chi connectivity index (χ2v) is 10.1. The summed E-state index contributed by atoms with van der Waals surface area (Å²) in [5, 5.41) is 10.3. The van der Waals surface area contributed by atoms with Crippen molar-refractivity contribution in [3.8, 4) is 5.75 Å². The van der Waals surface area contributed by atoms with Gasteiger partial charge in [0.2, 0.25) is 0 Å². The van der Waals surface area contributed by atoms with E-state index < -0.39 is 42.0 Å². The molecule has 1 aliphatic heterocycles. The Labute approximate surface area is 194 Å². The molecule has 6 unspecified atom stereocenters. The minimum absolute atomic E-state index is 0.111. The van der Waals surface area contributed by atoms with Crippen molar-refractivity contribution in [1.82, 2.24) is 0 Å². The van der Waals surface area contributed by atoms with Gasteiger partial charge in [0.1, 0.15) is 12.7 Å². The maximum atomic E-state index is 12.8. The van der Waals surface area contributed by atoms with Crippen molar-refractivity contribution in [2.24, 2.45) is 23.7 Å². The number of halogens is 2. The van der Waals surface area contributed by atoms with E-state index in [9.17, 15) is 19.5 Å². The number of esters is 3. The lowest BCUT2D eigenvalue weighted by atomic mass is 9.78. The van der Waals surface area contributed by atoms with Gasteiger partial charge in [-0.1, -0.05) is 6.58 Å². The van der Waals surface area contributed by atoms with Gasteiger partial charge in [-0.05, 0) is 70.7 Å². The van der Waals surface area contributed by atoms with Gasteiger partial charge >= 0.3 is 17.9 Å². The number of rotatable bonds is 5. The zero-order chi connectivity index (χ0) is 21.0. The van der Waals surface area contributed by atoms with Crippen molar-refractivity contribution in [2.75, 3.05) is 0 Å². The Morgan fingerprint density at radius 1 is 1.31 bits per heavy atom. The highest BCUT2D eigenvalue weighted by Crippen LogP contribution is 2.58. The van der Waals surface area contributed by atoms with Gasteiger partial charge in [0.25, 0.3) is 0 Å². The fourth-order valence-corrected chi connectivity index (χ4v) is 6.68. The van der Waals surface area contributed by atoms with Crippen molar-refractivity contribution in [3.05, 3.63) is 37.0 Å². The average molecular weight is 624 g/mol. The molecule has 0 aromatic heterocycles. The normalized spacial score (nSPS) is 31.5. The quantitative estimate of drug-likeness (QED) is 0.233. The molecular weight excluding hydrogens is 606 g/mol. The molecule has 1 heterocycles. The lowest BCUT2D eigenvalue weighted by Crippen LogP contribution is -2.41. The number of hydrogen-bond acceptors (Lipinski definition) is 7. The van der Waals surface area contributed by atoms with Crippen LogP contribution in [0.15, 0.2) is 24.3 Å². The molecule has 7 nitrogen and oxygen atoms in total. The lowest BCUT2D eigenvalue weighted by Gasteiger charge is -2.27. The summed E-state index contributed by atoms with van der Waals surface area (Å²) in [7, 11) is 0. The summed E-state index contributed by atoms with van der Waals surface area (Å²) < 4.78 is 17.8. The van der Waals surface area contributed by atoms with Crippen molar-refractivity contribution in [1.29, 1.82) is 0 Å². The maximum absolute atomic E-state index is 12.8. The summed E-state index contributed by atoms with van der Waals surface area (Å²) in [6.07, 6.45) is -0.733. The SMILES string of the molecule is C=C(C)C(=O)Oc1c(I)cc(I)cc1COC(=O)C1C2CC3C(OC(=O)C31)C2O. The van der Waals surface area contributed by atoms with Gasteiger partial charge < -0.3 is 19.3 Å². The number of benzene rings is 1. The number of aliphatic hydroxyl groups excluding tert-OH is 1. The first kappa shape index (κ1) is 21.0. The highest BCUT2D eigenvalue weighted by molar-refractivity contribution is 14.1. The molecule has 0 spiro atoms. The fourth-order valence-electron chi connectivity index (χ4n) is 4.60. The molecule has 3 aliphatic rings. The topological polar surface area (TPSA) is 99.1 Å². The third-order valence-electron chi connectivity index (χ3n) is 5.85. The molecule has 0 radical (unpaired) electrons. The van der Waals surface area contributed by atoms with Gasteiger partial charge in [0.05, 0.1) is 21.5 Å². The predicted molar refractivity (Wildman–Crippen MR) is 117 cm³/mol. The number of aliphatic hydroxyl groups is 1. The van der Waals surface area contributed by atoms with Gasteiger partial charge in [-0.3, -0.25) is 9.59 Å². The Morgan fingerprint density at radius 2 is 2.03 bits per heavy atom. The van der Waals surface area contributed by atoms with E-state index >= 15 is 0 Å². The largest absolute Gasteiger partial charge is 0.460 e. The first-order chi connectivity index (χ1) is 13.7. The van der Waals surface area contributed by atoms with Crippen molar-refractivity contribution in [3.63, 3.8) is 0 Å². The molecule has 154 valence electrons. The molecular formula is C20H18I2O7. The molecule has 9 heteroatoms. The van der Waals surface area contributed by atoms with Gasteiger partial charge in [0, 0.05) is 26.5 Å². The van der Waals surface area contributed by atoms with E-state index in [1.54, 1.807) is 13.0 Å². The van der Waals surface area contributed by atoms with E-state index in [0.29, 0.717) is 21.3 Å². The molecule has 0 amide bonds. The monoisotopic (exact) mass is 624 g/mol. The maximum Gasteiger partial charge on any atom is 0.338 e.